The van der Waals surface area contributed by atoms with Crippen LogP contribution in [0.15, 0.2) is 168 Å². The number of carbonyl (C=O) groups is 2. The molecular weight excluding hydrogens is 1080 g/mol. The number of amides is 1. The summed E-state index contributed by atoms with van der Waals surface area (Å²) in [6, 6.07) is 37.0. The second kappa shape index (κ2) is 27.3. The number of allylic oxidation sites excluding steroid dienone is 6. The molecule has 16 heteroatoms. The van der Waals surface area contributed by atoms with Crippen molar-refractivity contribution in [2.45, 2.75) is 86.2 Å². The molecule has 1 aliphatic carbocycles. The highest BCUT2D eigenvalue weighted by atomic mass is 32.1. The van der Waals surface area contributed by atoms with E-state index in [-0.39, 0.29) is 19.1 Å². The average molecular weight is 1160 g/mol. The van der Waals surface area contributed by atoms with E-state index in [1.807, 2.05) is 36.4 Å². The van der Waals surface area contributed by atoms with Crippen LogP contribution < -0.4 is 26.3 Å². The number of rotatable bonds is 24. The van der Waals surface area contributed by atoms with E-state index in [0.717, 1.165) is 72.1 Å². The Hall–Kier alpha value is -7.11. The van der Waals surface area contributed by atoms with E-state index in [1.54, 1.807) is 37.3 Å². The summed E-state index contributed by atoms with van der Waals surface area (Å²) in [6.07, 6.45) is 9.33. The molecule has 1 aliphatic heterocycles. The summed E-state index contributed by atoms with van der Waals surface area (Å²) in [7, 11) is 2.88. The number of thiazole rings is 1. The summed E-state index contributed by atoms with van der Waals surface area (Å²) >= 11 is 1.64. The van der Waals surface area contributed by atoms with Gasteiger partial charge in [0.25, 0.3) is 0 Å². The maximum atomic E-state index is 12.8. The smallest absolute Gasteiger partial charge is 0.423 e. The third kappa shape index (κ3) is 13.8. The minimum absolute atomic E-state index is 0. The number of nitrogens with one attached hydrogen (secondary N) is 1. The van der Waals surface area contributed by atoms with Gasteiger partial charge in [0.1, 0.15) is 27.2 Å². The van der Waals surface area contributed by atoms with Gasteiger partial charge in [-0.2, -0.15) is 0 Å². The first-order chi connectivity index (χ1) is 39.7. The van der Waals surface area contributed by atoms with Gasteiger partial charge in [0.15, 0.2) is 11.5 Å². The number of unbranched alkanes of at least 4 members (excludes halogenated alkanes) is 1. The Balaban J connectivity index is 0.00000920. The molecule has 0 radical (unpaired) electrons. The number of ketones is 1. The topological polar surface area (TPSA) is 153 Å². The number of benzene rings is 6. The van der Waals surface area contributed by atoms with Crippen molar-refractivity contribution in [3.63, 3.8) is 0 Å². The van der Waals surface area contributed by atoms with Crippen molar-refractivity contribution in [2.75, 3.05) is 52.7 Å². The number of hydrogen-bond donors (Lipinski definition) is 5. The molecule has 0 bridgehead atoms. The first-order valence-electron chi connectivity index (χ1n) is 28.6. The van der Waals surface area contributed by atoms with E-state index in [9.17, 15) is 29.7 Å². The molecule has 0 saturated carbocycles. The lowest BCUT2D eigenvalue weighted by Crippen LogP contribution is -2.49. The number of anilines is 1. The van der Waals surface area contributed by atoms with Crippen LogP contribution in [-0.4, -0.2) is 127 Å². The molecule has 5 N–H and O–H groups in total. The Morgan fingerprint density at radius 2 is 1.29 bits per heavy atom. The standard InChI is InChI=1S/C67H76B2N6O6SSi.CH4/c1-44(2)62(76)26-17-18-34-74(39-47-20-11-15-24-59(47)68(78)79)42-58-52-23-14-13-22-51(52)57(41-75(35-19-33-70-66(77)45(3)4)40-48-21-12-16-25-60(48)69(80)81)53-30-27-46(36-56(53)58)67-71-61(43-82-67)65-54-31-28-49(72(5)6)37-63(54)83(9,10)64-38-50(73(7)8)29-32-55(64)65;/h11-16,20-25,27-32,36-38,43,78-81H,1,3,17-19,26,33-35,39-42H2,2,4-10H3;1H4/p+1. The Kier molecular flexibility index (Phi) is 20.4. The number of aromatic nitrogens is 1. The lowest BCUT2D eigenvalue weighted by Gasteiger charge is -2.37. The maximum Gasteiger partial charge on any atom is 0.488 e. The predicted octanol–water partition coefficient (Wildman–Crippen LogP) is 9.06. The Labute approximate surface area is 502 Å². The third-order valence-electron chi connectivity index (χ3n) is 16.3. The zero-order chi connectivity index (χ0) is 59.3. The summed E-state index contributed by atoms with van der Waals surface area (Å²) in [5.41, 5.74) is 13.5. The first-order valence-corrected chi connectivity index (χ1v) is 32.5. The number of nitrogens with zero attached hydrogens (tertiary/aromatic N) is 5. The van der Waals surface area contributed by atoms with E-state index in [0.29, 0.717) is 87.1 Å². The molecule has 7 aromatic rings. The average Bonchev–Trinajstić information content (AvgIpc) is 1.06. The normalized spacial score (nSPS) is 13.4. The van der Waals surface area contributed by atoms with Gasteiger partial charge in [0.05, 0.1) is 5.69 Å². The van der Waals surface area contributed by atoms with Crippen LogP contribution in [0.3, 0.4) is 0 Å². The highest BCUT2D eigenvalue weighted by molar-refractivity contribution is 7.13. The van der Waals surface area contributed by atoms with Gasteiger partial charge < -0.3 is 30.3 Å². The van der Waals surface area contributed by atoms with Gasteiger partial charge in [-0.05, 0) is 146 Å². The van der Waals surface area contributed by atoms with Gasteiger partial charge in [-0.15, -0.1) is 11.3 Å². The lowest BCUT2D eigenvalue weighted by molar-refractivity contribution is -0.462. The molecule has 9 rings (SSSR count). The lowest BCUT2D eigenvalue weighted by atomic mass is 9.77. The quantitative estimate of drug-likeness (QED) is 0.0130. The Bertz CT molecular complexity index is 3780. The van der Waals surface area contributed by atoms with Crippen molar-refractivity contribution in [3.05, 3.63) is 201 Å². The number of fused-ring (bicyclic) bond motifs is 4. The van der Waals surface area contributed by atoms with Crippen molar-refractivity contribution in [1.29, 1.82) is 0 Å². The molecule has 2 aliphatic rings. The molecule has 84 heavy (non-hydrogen) atoms. The molecule has 1 aromatic heterocycles. The van der Waals surface area contributed by atoms with Gasteiger partial charge in [-0.3, -0.25) is 19.4 Å². The summed E-state index contributed by atoms with van der Waals surface area (Å²) in [5, 5.41) is 55.4. The summed E-state index contributed by atoms with van der Waals surface area (Å²) in [6.45, 7) is 19.6. The number of carbonyl (C=O) groups excluding carboxylic acids is 2. The fourth-order valence-corrected chi connectivity index (χ4v) is 15.6. The molecular formula is C68H81B2N6O6SSi+. The second-order valence-electron chi connectivity index (χ2n) is 23.2. The van der Waals surface area contributed by atoms with E-state index in [1.165, 1.54) is 32.9 Å². The van der Waals surface area contributed by atoms with E-state index in [4.69, 9.17) is 4.98 Å². The molecule has 0 unspecified atom stereocenters. The highest BCUT2D eigenvalue weighted by Crippen LogP contribution is 2.44. The van der Waals surface area contributed by atoms with Crippen LogP contribution in [0, 0.1) is 0 Å². The SMILES string of the molecule is C.C=C(C)C(=O)CCCCN(Cc1ccccc1B(O)O)Cc1c2ccccc2c(CN(CCCNC(=O)C(=C)C)Cc2ccccc2B(O)O)c2ccc(-c3nc(C4=C5C=CC(=[N+](C)C)C=C5[Si](C)(C)c5cc(N(C)C)ccc54)cs3)cc12. The summed E-state index contributed by atoms with van der Waals surface area (Å²) in [5.74, 6) is -0.142. The molecule has 6 aromatic carbocycles. The molecule has 1 amide bonds. The molecule has 0 fully saturated rings. The summed E-state index contributed by atoms with van der Waals surface area (Å²) in [4.78, 5) is 37.9. The first kappa shape index (κ1) is 62.9. The van der Waals surface area contributed by atoms with Crippen LogP contribution in [0.5, 0.6) is 0 Å². The molecule has 2 heterocycles. The van der Waals surface area contributed by atoms with Crippen molar-refractivity contribution in [3.8, 4) is 10.6 Å². The fraction of sp³-hybridized carbons (Fsp3) is 0.294. The summed E-state index contributed by atoms with van der Waals surface area (Å²) < 4.78 is 2.18. The predicted molar refractivity (Wildman–Crippen MR) is 354 cm³/mol. The second-order valence-corrected chi connectivity index (χ2v) is 28.4. The largest absolute Gasteiger partial charge is 0.488 e. The van der Waals surface area contributed by atoms with Gasteiger partial charge in [0.2, 0.25) is 5.91 Å². The number of hydrogen-bond acceptors (Lipinski definition) is 11. The zero-order valence-electron chi connectivity index (χ0n) is 49.3. The van der Waals surface area contributed by atoms with Crippen LogP contribution >= 0.6 is 11.3 Å². The van der Waals surface area contributed by atoms with Gasteiger partial charge >= 0.3 is 14.2 Å². The zero-order valence-corrected chi connectivity index (χ0v) is 51.1. The van der Waals surface area contributed by atoms with E-state index in [2.05, 4.69) is 163 Å². The molecule has 0 atom stereocenters. The van der Waals surface area contributed by atoms with Crippen LogP contribution in [0.4, 0.5) is 5.69 Å². The highest BCUT2D eigenvalue weighted by Gasteiger charge is 2.41. The van der Waals surface area contributed by atoms with Crippen molar-refractivity contribution < 1.29 is 34.3 Å². The minimum Gasteiger partial charge on any atom is -0.423 e. The number of Topliss-reactive ketones (excluding diaryl/α,β-unsaturated/α-hetero) is 1. The van der Waals surface area contributed by atoms with E-state index < -0.39 is 22.3 Å². The van der Waals surface area contributed by atoms with Crippen LogP contribution in [0.2, 0.25) is 13.1 Å². The Morgan fingerprint density at radius 1 is 0.702 bits per heavy atom. The van der Waals surface area contributed by atoms with Crippen LogP contribution in [0.1, 0.15) is 80.5 Å². The fourth-order valence-electron chi connectivity index (χ4n) is 11.7. The third-order valence-corrected chi connectivity index (χ3v) is 20.7. The Morgan fingerprint density at radius 3 is 1.87 bits per heavy atom. The van der Waals surface area contributed by atoms with Crippen molar-refractivity contribution in [2.24, 2.45) is 0 Å². The van der Waals surface area contributed by atoms with Crippen molar-refractivity contribution in [1.82, 2.24) is 20.1 Å². The maximum absolute atomic E-state index is 12.8. The van der Waals surface area contributed by atoms with Crippen LogP contribution in [0.25, 0.3) is 37.7 Å². The van der Waals surface area contributed by atoms with Gasteiger partial charge in [-0.25, -0.2) is 9.56 Å². The van der Waals surface area contributed by atoms with Crippen LogP contribution in [-0.2, 0) is 35.8 Å². The molecule has 12 nitrogen and oxygen atoms in total. The molecule has 434 valence electrons. The molecule has 0 saturated heterocycles. The minimum atomic E-state index is -2.20. The van der Waals surface area contributed by atoms with Crippen molar-refractivity contribution >= 4 is 100.0 Å². The van der Waals surface area contributed by atoms with Gasteiger partial charge in [0, 0.05) is 99.7 Å². The van der Waals surface area contributed by atoms with Gasteiger partial charge in [-0.1, -0.05) is 125 Å². The molecule has 0 spiro atoms. The van der Waals surface area contributed by atoms with E-state index >= 15 is 0 Å². The monoisotopic (exact) mass is 1160 g/mol.